The number of hydrogen-bond acceptors (Lipinski definition) is 6. The quantitative estimate of drug-likeness (QED) is 0.470. The number of anilines is 1. The van der Waals surface area contributed by atoms with Crippen LogP contribution in [0, 0.1) is 6.92 Å². The van der Waals surface area contributed by atoms with Crippen molar-refractivity contribution in [3.63, 3.8) is 0 Å². The molecule has 0 atom stereocenters. The summed E-state index contributed by atoms with van der Waals surface area (Å²) in [5, 5.41) is 2.66. The SMILES string of the molecule is CNS(=O)(=O)c1ccc(C)c(NC(=O)COc2ccc(S(=O)(=O)NC3CCCC3)cc2Cl)c1. The van der Waals surface area contributed by atoms with E-state index in [1.165, 1.54) is 37.4 Å². The number of carbonyl (C=O) groups excluding carboxylic acids is 1. The highest BCUT2D eigenvalue weighted by Gasteiger charge is 2.23. The standard InChI is InChI=1S/C21H26ClN3O6S2/c1-14-7-8-17(32(27,28)23-2)12-19(14)24-21(26)13-31-20-10-9-16(11-18(20)22)33(29,30)25-15-5-3-4-6-15/h7-12,15,23,25H,3-6,13H2,1-2H3,(H,24,26). The Kier molecular flexibility index (Phi) is 8.01. The minimum absolute atomic E-state index is 0.0119. The van der Waals surface area contributed by atoms with E-state index >= 15 is 0 Å². The molecule has 0 aliphatic heterocycles. The second-order valence-electron chi connectivity index (χ2n) is 7.72. The topological polar surface area (TPSA) is 131 Å². The zero-order chi connectivity index (χ0) is 24.2. The van der Waals surface area contributed by atoms with Crippen LogP contribution in [0.5, 0.6) is 5.75 Å². The van der Waals surface area contributed by atoms with Crippen molar-refractivity contribution in [3.8, 4) is 5.75 Å². The van der Waals surface area contributed by atoms with Gasteiger partial charge in [-0.3, -0.25) is 4.79 Å². The van der Waals surface area contributed by atoms with Crippen molar-refractivity contribution < 1.29 is 26.4 Å². The van der Waals surface area contributed by atoms with E-state index in [4.69, 9.17) is 16.3 Å². The number of rotatable bonds is 9. The highest BCUT2D eigenvalue weighted by atomic mass is 35.5. The Balaban J connectivity index is 1.64. The zero-order valence-corrected chi connectivity index (χ0v) is 20.6. The summed E-state index contributed by atoms with van der Waals surface area (Å²) in [6.45, 7) is 1.32. The summed E-state index contributed by atoms with van der Waals surface area (Å²) in [7, 11) is -6.07. The van der Waals surface area contributed by atoms with Crippen LogP contribution in [-0.4, -0.2) is 42.4 Å². The van der Waals surface area contributed by atoms with Crippen LogP contribution in [0.3, 0.4) is 0 Å². The maximum Gasteiger partial charge on any atom is 0.262 e. The number of aryl methyl sites for hydroxylation is 1. The average molecular weight is 516 g/mol. The molecule has 33 heavy (non-hydrogen) atoms. The van der Waals surface area contributed by atoms with Crippen LogP contribution in [0.15, 0.2) is 46.2 Å². The van der Waals surface area contributed by atoms with Gasteiger partial charge in [-0.15, -0.1) is 0 Å². The van der Waals surface area contributed by atoms with Crippen molar-refractivity contribution >= 4 is 43.2 Å². The molecule has 0 bridgehead atoms. The Hall–Kier alpha value is -2.18. The van der Waals surface area contributed by atoms with Crippen LogP contribution in [0.1, 0.15) is 31.2 Å². The van der Waals surface area contributed by atoms with E-state index in [-0.39, 0.29) is 26.6 Å². The summed E-state index contributed by atoms with van der Waals surface area (Å²) < 4.78 is 59.4. The monoisotopic (exact) mass is 515 g/mol. The van der Waals surface area contributed by atoms with Crippen molar-refractivity contribution in [2.24, 2.45) is 0 Å². The first-order chi connectivity index (χ1) is 15.5. The van der Waals surface area contributed by atoms with Gasteiger partial charge in [0.1, 0.15) is 5.75 Å². The number of ether oxygens (including phenoxy) is 1. The van der Waals surface area contributed by atoms with E-state index in [1.807, 2.05) is 0 Å². The van der Waals surface area contributed by atoms with Gasteiger partial charge in [0, 0.05) is 11.7 Å². The molecule has 1 aliphatic rings. The lowest BCUT2D eigenvalue weighted by atomic mass is 10.2. The second kappa shape index (κ2) is 10.4. The lowest BCUT2D eigenvalue weighted by molar-refractivity contribution is -0.118. The molecule has 0 radical (unpaired) electrons. The molecular weight excluding hydrogens is 490 g/mol. The van der Waals surface area contributed by atoms with Crippen molar-refractivity contribution in [1.82, 2.24) is 9.44 Å². The third-order valence-corrected chi connectivity index (χ3v) is 8.54. The maximum absolute atomic E-state index is 12.6. The van der Waals surface area contributed by atoms with Gasteiger partial charge in [-0.2, -0.15) is 0 Å². The molecule has 3 rings (SSSR count). The number of nitrogens with one attached hydrogen (secondary N) is 3. The summed E-state index contributed by atoms with van der Waals surface area (Å²) in [6, 6.07) is 8.33. The lowest BCUT2D eigenvalue weighted by Crippen LogP contribution is -2.32. The molecule has 180 valence electrons. The Morgan fingerprint density at radius 3 is 2.30 bits per heavy atom. The predicted molar refractivity (Wildman–Crippen MR) is 126 cm³/mol. The van der Waals surface area contributed by atoms with Gasteiger partial charge >= 0.3 is 0 Å². The van der Waals surface area contributed by atoms with Gasteiger partial charge in [-0.1, -0.05) is 30.5 Å². The van der Waals surface area contributed by atoms with Gasteiger partial charge in [-0.25, -0.2) is 26.3 Å². The zero-order valence-electron chi connectivity index (χ0n) is 18.2. The van der Waals surface area contributed by atoms with Crippen molar-refractivity contribution in [3.05, 3.63) is 47.0 Å². The third kappa shape index (κ3) is 6.45. The average Bonchev–Trinajstić information content (AvgIpc) is 3.26. The van der Waals surface area contributed by atoms with E-state index in [9.17, 15) is 21.6 Å². The van der Waals surface area contributed by atoms with Crippen LogP contribution in [0.25, 0.3) is 0 Å². The number of carbonyl (C=O) groups is 1. The molecule has 1 aliphatic carbocycles. The highest BCUT2D eigenvalue weighted by Crippen LogP contribution is 2.28. The minimum Gasteiger partial charge on any atom is -0.482 e. The molecule has 9 nitrogen and oxygen atoms in total. The molecule has 0 aromatic heterocycles. The van der Waals surface area contributed by atoms with E-state index in [1.54, 1.807) is 13.0 Å². The third-order valence-electron chi connectivity index (χ3n) is 5.31. The first kappa shape index (κ1) is 25.4. The normalized spacial score (nSPS) is 14.9. The maximum atomic E-state index is 12.6. The Morgan fingerprint density at radius 2 is 1.67 bits per heavy atom. The molecular formula is C21H26ClN3O6S2. The molecule has 0 saturated heterocycles. The Labute approximate surface area is 199 Å². The molecule has 1 fully saturated rings. The summed E-state index contributed by atoms with van der Waals surface area (Å²) >= 11 is 6.19. The minimum atomic E-state index is -3.70. The Bertz CT molecular complexity index is 1240. The summed E-state index contributed by atoms with van der Waals surface area (Å²) in [4.78, 5) is 12.4. The van der Waals surface area contributed by atoms with Crippen LogP contribution >= 0.6 is 11.6 Å². The van der Waals surface area contributed by atoms with Crippen LogP contribution in [-0.2, 0) is 24.8 Å². The van der Waals surface area contributed by atoms with Crippen LogP contribution < -0.4 is 19.5 Å². The molecule has 0 spiro atoms. The molecule has 0 heterocycles. The molecule has 12 heteroatoms. The number of sulfonamides is 2. The fraction of sp³-hybridized carbons (Fsp3) is 0.381. The fourth-order valence-electron chi connectivity index (χ4n) is 3.45. The van der Waals surface area contributed by atoms with E-state index < -0.39 is 32.6 Å². The second-order valence-corrected chi connectivity index (χ2v) is 11.7. The number of halogens is 1. The van der Waals surface area contributed by atoms with Gasteiger partial charge < -0.3 is 10.1 Å². The van der Waals surface area contributed by atoms with Gasteiger partial charge in [0.25, 0.3) is 5.91 Å². The summed E-state index contributed by atoms with van der Waals surface area (Å²) in [5.41, 5.74) is 0.992. The summed E-state index contributed by atoms with van der Waals surface area (Å²) in [5.74, 6) is -0.386. The van der Waals surface area contributed by atoms with Gasteiger partial charge in [0.2, 0.25) is 20.0 Å². The number of hydrogen-bond donors (Lipinski definition) is 3. The van der Waals surface area contributed by atoms with Crippen LogP contribution in [0.2, 0.25) is 5.02 Å². The van der Waals surface area contributed by atoms with E-state index in [2.05, 4.69) is 14.8 Å². The van der Waals surface area contributed by atoms with Crippen LogP contribution in [0.4, 0.5) is 5.69 Å². The number of amides is 1. The van der Waals surface area contributed by atoms with Crippen molar-refractivity contribution in [2.45, 2.75) is 48.4 Å². The molecule has 0 unspecified atom stereocenters. The molecule has 2 aromatic rings. The predicted octanol–water partition coefficient (Wildman–Crippen LogP) is 2.79. The van der Waals surface area contributed by atoms with Gasteiger partial charge in [0.05, 0.1) is 14.8 Å². The van der Waals surface area contributed by atoms with E-state index in [0.717, 1.165) is 25.7 Å². The molecule has 2 aromatic carbocycles. The molecule has 1 amide bonds. The first-order valence-electron chi connectivity index (χ1n) is 10.3. The highest BCUT2D eigenvalue weighted by molar-refractivity contribution is 7.89. The molecule has 3 N–H and O–H groups in total. The first-order valence-corrected chi connectivity index (χ1v) is 13.6. The Morgan fingerprint density at radius 1 is 1.03 bits per heavy atom. The van der Waals surface area contributed by atoms with Crippen molar-refractivity contribution in [1.29, 1.82) is 0 Å². The summed E-state index contributed by atoms with van der Waals surface area (Å²) in [6.07, 6.45) is 3.62. The largest absolute Gasteiger partial charge is 0.482 e. The lowest BCUT2D eigenvalue weighted by Gasteiger charge is -2.14. The molecule has 1 saturated carbocycles. The number of benzene rings is 2. The van der Waals surface area contributed by atoms with Crippen molar-refractivity contribution in [2.75, 3.05) is 19.0 Å². The van der Waals surface area contributed by atoms with Gasteiger partial charge in [-0.05, 0) is 62.7 Å². The van der Waals surface area contributed by atoms with Gasteiger partial charge in [0.15, 0.2) is 6.61 Å². The smallest absolute Gasteiger partial charge is 0.262 e. The van der Waals surface area contributed by atoms with E-state index in [0.29, 0.717) is 11.3 Å². The fourth-order valence-corrected chi connectivity index (χ4v) is 5.83.